The fourth-order valence-electron chi connectivity index (χ4n) is 3.92. The largest absolute Gasteiger partial charge is 0.457 e. The van der Waals surface area contributed by atoms with Gasteiger partial charge in [0.1, 0.15) is 12.9 Å². The van der Waals surface area contributed by atoms with Crippen LogP contribution in [0.15, 0.2) is 79.1 Å². The number of carbonyl (C=O) groups excluding carboxylic acids is 2. The fraction of sp³-hybridized carbons (Fsp3) is 0.179. The van der Waals surface area contributed by atoms with Crippen molar-refractivity contribution in [1.82, 2.24) is 4.98 Å². The van der Waals surface area contributed by atoms with Crippen LogP contribution in [0.25, 0.3) is 10.8 Å². The molecule has 0 bridgehead atoms. The molecule has 1 atom stereocenters. The molecule has 1 aromatic heterocycles. The van der Waals surface area contributed by atoms with Crippen LogP contribution in [0.2, 0.25) is 0 Å². The molecular formula is C28H27N3O3. The summed E-state index contributed by atoms with van der Waals surface area (Å²) in [5.41, 5.74) is 5.07. The van der Waals surface area contributed by atoms with Crippen LogP contribution in [0.1, 0.15) is 38.5 Å². The summed E-state index contributed by atoms with van der Waals surface area (Å²) < 4.78 is 5.48. The van der Waals surface area contributed by atoms with Crippen LogP contribution >= 0.6 is 0 Å². The Balaban J connectivity index is 1.39. The molecule has 6 heteroatoms. The van der Waals surface area contributed by atoms with Gasteiger partial charge >= 0.3 is 5.97 Å². The van der Waals surface area contributed by atoms with Crippen LogP contribution in [0.3, 0.4) is 0 Å². The summed E-state index contributed by atoms with van der Waals surface area (Å²) in [6.45, 7) is 4.38. The summed E-state index contributed by atoms with van der Waals surface area (Å²) >= 11 is 0. The molecule has 0 spiro atoms. The van der Waals surface area contributed by atoms with Crippen molar-refractivity contribution >= 4 is 28.7 Å². The number of benzene rings is 3. The predicted octanol–water partition coefficient (Wildman–Crippen LogP) is 4.87. The minimum Gasteiger partial charge on any atom is -0.457 e. The number of hydrogen-bond acceptors (Lipinski definition) is 6. The molecule has 2 N–H and O–H groups in total. The second-order valence-corrected chi connectivity index (χ2v) is 8.44. The number of aldehydes is 1. The average Bonchev–Trinajstić information content (AvgIpc) is 2.85. The highest BCUT2D eigenvalue weighted by Crippen LogP contribution is 2.23. The second-order valence-electron chi connectivity index (χ2n) is 8.44. The van der Waals surface area contributed by atoms with E-state index in [1.165, 1.54) is 0 Å². The molecule has 4 aromatic rings. The summed E-state index contributed by atoms with van der Waals surface area (Å²) in [6.07, 6.45) is 4.44. The molecular weight excluding hydrogens is 426 g/mol. The first kappa shape index (κ1) is 23.1. The Hall–Kier alpha value is -4.03. The van der Waals surface area contributed by atoms with E-state index in [0.29, 0.717) is 12.1 Å². The molecule has 6 nitrogen and oxygen atoms in total. The quantitative estimate of drug-likeness (QED) is 0.177. The van der Waals surface area contributed by atoms with E-state index < -0.39 is 5.92 Å². The van der Waals surface area contributed by atoms with E-state index in [2.05, 4.69) is 4.98 Å². The number of nitrogens with two attached hydrogens (primary N) is 1. The molecule has 4 rings (SSSR count). The minimum absolute atomic E-state index is 0.160. The maximum absolute atomic E-state index is 12.4. The second kappa shape index (κ2) is 10.3. The molecule has 3 aromatic carbocycles. The van der Waals surface area contributed by atoms with Gasteiger partial charge in [0.25, 0.3) is 0 Å². The number of anilines is 1. The number of aryl methyl sites for hydroxylation is 2. The number of fused-ring (bicyclic) bond motifs is 1. The number of hydrogen-bond donors (Lipinski definition) is 1. The molecule has 1 heterocycles. The van der Waals surface area contributed by atoms with Crippen molar-refractivity contribution in [3.8, 4) is 0 Å². The van der Waals surface area contributed by atoms with Crippen molar-refractivity contribution < 1.29 is 14.3 Å². The Morgan fingerprint density at radius 2 is 1.82 bits per heavy atom. The molecule has 0 fully saturated rings. The average molecular weight is 454 g/mol. The lowest BCUT2D eigenvalue weighted by Gasteiger charge is -2.23. The van der Waals surface area contributed by atoms with Gasteiger partial charge < -0.3 is 14.5 Å². The third kappa shape index (κ3) is 5.30. The molecule has 172 valence electrons. The number of pyridine rings is 1. The van der Waals surface area contributed by atoms with Crippen LogP contribution in [-0.4, -0.2) is 23.8 Å². The van der Waals surface area contributed by atoms with Crippen molar-refractivity contribution in [2.45, 2.75) is 26.4 Å². The van der Waals surface area contributed by atoms with Crippen molar-refractivity contribution in [3.05, 3.63) is 107 Å². The zero-order valence-corrected chi connectivity index (χ0v) is 19.3. The van der Waals surface area contributed by atoms with Gasteiger partial charge in [0, 0.05) is 24.3 Å². The molecule has 0 aliphatic heterocycles. The van der Waals surface area contributed by atoms with E-state index in [9.17, 15) is 9.59 Å². The molecule has 34 heavy (non-hydrogen) atoms. The molecule has 0 saturated heterocycles. The van der Waals surface area contributed by atoms with Crippen LogP contribution < -0.4 is 10.9 Å². The molecule has 0 saturated carbocycles. The van der Waals surface area contributed by atoms with Gasteiger partial charge in [0.15, 0.2) is 0 Å². The van der Waals surface area contributed by atoms with Crippen molar-refractivity contribution in [2.24, 2.45) is 5.84 Å². The number of nitrogens with zero attached hydrogens (tertiary/aromatic N) is 2. The highest BCUT2D eigenvalue weighted by molar-refractivity contribution is 5.91. The first-order valence-electron chi connectivity index (χ1n) is 11.1. The number of ether oxygens (including phenoxy) is 1. The standard InChI is InChI=1S/C28H27N3O3/c1-19-3-10-27(20(2)13-19)28(33)34-18-21-4-6-22(7-5-21)25(17-32)16-31(29)26-9-8-24-15-30-12-11-23(24)14-26/h3-15,17,25H,16,18,29H2,1-2H3. The summed E-state index contributed by atoms with van der Waals surface area (Å²) in [5, 5.41) is 3.64. The van der Waals surface area contributed by atoms with Crippen LogP contribution in [0.4, 0.5) is 5.69 Å². The summed E-state index contributed by atoms with van der Waals surface area (Å²) in [7, 11) is 0. The lowest BCUT2D eigenvalue weighted by molar-refractivity contribution is -0.108. The lowest BCUT2D eigenvalue weighted by Crippen LogP contribution is -2.35. The predicted molar refractivity (Wildman–Crippen MR) is 134 cm³/mol. The highest BCUT2D eigenvalue weighted by Gasteiger charge is 2.16. The fourth-order valence-corrected chi connectivity index (χ4v) is 3.92. The van der Waals surface area contributed by atoms with Crippen LogP contribution in [0.5, 0.6) is 0 Å². The Bertz CT molecular complexity index is 1320. The van der Waals surface area contributed by atoms with E-state index >= 15 is 0 Å². The Morgan fingerprint density at radius 3 is 2.56 bits per heavy atom. The number of esters is 1. The lowest BCUT2D eigenvalue weighted by atomic mass is 9.99. The third-order valence-electron chi connectivity index (χ3n) is 5.89. The Morgan fingerprint density at radius 1 is 1.03 bits per heavy atom. The van der Waals surface area contributed by atoms with E-state index in [-0.39, 0.29) is 12.6 Å². The monoisotopic (exact) mass is 453 g/mol. The topological polar surface area (TPSA) is 85.5 Å². The van der Waals surface area contributed by atoms with Crippen molar-refractivity contribution in [1.29, 1.82) is 0 Å². The highest BCUT2D eigenvalue weighted by atomic mass is 16.5. The Kier molecular flexibility index (Phi) is 6.99. The van der Waals surface area contributed by atoms with Gasteiger partial charge in [-0.25, -0.2) is 10.6 Å². The number of rotatable bonds is 8. The molecule has 0 aliphatic carbocycles. The summed E-state index contributed by atoms with van der Waals surface area (Å²) in [6, 6.07) is 20.9. The van der Waals surface area contributed by atoms with Crippen molar-refractivity contribution in [2.75, 3.05) is 11.6 Å². The van der Waals surface area contributed by atoms with Gasteiger partial charge in [-0.2, -0.15) is 0 Å². The van der Waals surface area contributed by atoms with E-state index in [1.54, 1.807) is 23.5 Å². The van der Waals surface area contributed by atoms with E-state index in [4.69, 9.17) is 10.6 Å². The summed E-state index contributed by atoms with van der Waals surface area (Å²) in [5.74, 6) is 5.54. The van der Waals surface area contributed by atoms with Gasteiger partial charge in [0.05, 0.1) is 17.2 Å². The Labute approximate surface area is 199 Å². The number of aromatic nitrogens is 1. The summed E-state index contributed by atoms with van der Waals surface area (Å²) in [4.78, 5) is 28.4. The van der Waals surface area contributed by atoms with Gasteiger partial charge in [-0.1, -0.05) is 48.0 Å². The van der Waals surface area contributed by atoms with E-state index in [1.807, 2.05) is 74.5 Å². The van der Waals surface area contributed by atoms with Crippen LogP contribution in [0, 0.1) is 13.8 Å². The third-order valence-corrected chi connectivity index (χ3v) is 5.89. The molecule has 0 aliphatic rings. The van der Waals surface area contributed by atoms with Crippen molar-refractivity contribution in [3.63, 3.8) is 0 Å². The van der Waals surface area contributed by atoms with Gasteiger partial charge in [0.2, 0.25) is 0 Å². The number of carbonyl (C=O) groups is 2. The molecule has 0 radical (unpaired) electrons. The van der Waals surface area contributed by atoms with Gasteiger partial charge in [-0.15, -0.1) is 0 Å². The molecule has 1 unspecified atom stereocenters. The first-order valence-corrected chi connectivity index (χ1v) is 11.1. The first-order chi connectivity index (χ1) is 16.4. The SMILES string of the molecule is Cc1ccc(C(=O)OCc2ccc(C(C=O)CN(N)c3ccc4cnccc4c3)cc2)c(C)c1. The van der Waals surface area contributed by atoms with Crippen LogP contribution in [-0.2, 0) is 16.1 Å². The zero-order valence-electron chi connectivity index (χ0n) is 19.3. The number of hydrazine groups is 1. The maximum Gasteiger partial charge on any atom is 0.338 e. The zero-order chi connectivity index (χ0) is 24.1. The maximum atomic E-state index is 12.4. The smallest absolute Gasteiger partial charge is 0.338 e. The van der Waals surface area contributed by atoms with E-state index in [0.717, 1.165) is 45.0 Å². The molecule has 0 amide bonds. The normalized spacial score (nSPS) is 11.7. The van der Waals surface area contributed by atoms with Gasteiger partial charge in [-0.3, -0.25) is 4.98 Å². The minimum atomic E-state index is -0.398. The van der Waals surface area contributed by atoms with Gasteiger partial charge in [-0.05, 0) is 60.2 Å².